The van der Waals surface area contributed by atoms with Crippen LogP contribution in [0.15, 0.2) is 22.6 Å². The highest BCUT2D eigenvalue weighted by Crippen LogP contribution is 2.30. The zero-order valence-electron chi connectivity index (χ0n) is 11.9. The Hall–Kier alpha value is -1.84. The van der Waals surface area contributed by atoms with Crippen molar-refractivity contribution in [3.8, 4) is 5.75 Å². The molecule has 22 heavy (non-hydrogen) atoms. The Kier molecular flexibility index (Phi) is 3.94. The van der Waals surface area contributed by atoms with Crippen LogP contribution in [0.4, 0.5) is 5.69 Å². The van der Waals surface area contributed by atoms with Crippen LogP contribution in [0.2, 0.25) is 0 Å². The Morgan fingerprint density at radius 3 is 3.05 bits per heavy atom. The first-order valence-electron chi connectivity index (χ1n) is 7.03. The van der Waals surface area contributed by atoms with Crippen molar-refractivity contribution in [1.82, 2.24) is 4.90 Å². The Bertz CT molecular complexity index is 704. The van der Waals surface area contributed by atoms with Crippen molar-refractivity contribution < 1.29 is 18.3 Å². The highest BCUT2D eigenvalue weighted by atomic mass is 32.2. The number of aliphatic hydroxyl groups is 1. The number of likely N-dealkylation sites (tertiary alicyclic amines) is 1. The van der Waals surface area contributed by atoms with Gasteiger partial charge in [-0.05, 0) is 25.0 Å². The van der Waals surface area contributed by atoms with Gasteiger partial charge in [-0.2, -0.15) is 8.42 Å². The van der Waals surface area contributed by atoms with Gasteiger partial charge < -0.3 is 15.6 Å². The molecule has 9 heteroatoms. The topological polar surface area (TPSA) is 117 Å². The first-order valence-corrected chi connectivity index (χ1v) is 8.47. The smallest absolute Gasteiger partial charge is 0.344 e. The van der Waals surface area contributed by atoms with Crippen molar-refractivity contribution in [3.05, 3.63) is 23.8 Å². The van der Waals surface area contributed by atoms with E-state index in [4.69, 9.17) is 10.5 Å². The van der Waals surface area contributed by atoms with Crippen molar-refractivity contribution >= 4 is 21.7 Å². The molecule has 2 aliphatic heterocycles. The molecule has 0 saturated carbocycles. The van der Waals surface area contributed by atoms with E-state index in [1.54, 1.807) is 18.2 Å². The quantitative estimate of drug-likeness (QED) is 0.709. The molecular weight excluding hydrogens is 308 g/mol. The van der Waals surface area contributed by atoms with Gasteiger partial charge in [-0.3, -0.25) is 9.62 Å². The molecule has 120 valence electrons. The molecule has 1 unspecified atom stereocenters. The standard InChI is InChI=1S/C13H18N4O4S/c14-13-12-9(15-22(19,20)16-13)3-1-4-10(12)21-8-7-17-6-2-5-11(17)18/h1,3-4,11,15,18H,2,5-8H2,(H2,14,16). The maximum atomic E-state index is 11.5. The van der Waals surface area contributed by atoms with E-state index in [2.05, 4.69) is 9.12 Å². The SMILES string of the molecule is NC1=NS(=O)(=O)Nc2cccc(OCCN3CCCC3O)c21. The second kappa shape index (κ2) is 5.75. The lowest BCUT2D eigenvalue weighted by Gasteiger charge is -2.22. The Morgan fingerprint density at radius 1 is 1.50 bits per heavy atom. The molecule has 1 fully saturated rings. The third kappa shape index (κ3) is 3.01. The number of aliphatic hydroxyl groups excluding tert-OH is 1. The van der Waals surface area contributed by atoms with Crippen LogP contribution in [0.25, 0.3) is 0 Å². The van der Waals surface area contributed by atoms with E-state index in [9.17, 15) is 13.5 Å². The lowest BCUT2D eigenvalue weighted by atomic mass is 10.1. The van der Waals surface area contributed by atoms with Crippen LogP contribution >= 0.6 is 0 Å². The van der Waals surface area contributed by atoms with Gasteiger partial charge in [0.05, 0.1) is 11.3 Å². The molecule has 2 heterocycles. The fourth-order valence-corrected chi connectivity index (χ4v) is 3.52. The molecule has 0 aromatic heterocycles. The summed E-state index contributed by atoms with van der Waals surface area (Å²) in [6.45, 7) is 1.81. The predicted molar refractivity (Wildman–Crippen MR) is 82.0 cm³/mol. The zero-order valence-corrected chi connectivity index (χ0v) is 12.7. The predicted octanol–water partition coefficient (Wildman–Crippen LogP) is -0.145. The van der Waals surface area contributed by atoms with E-state index in [-0.39, 0.29) is 5.84 Å². The second-order valence-corrected chi connectivity index (χ2v) is 6.58. The largest absolute Gasteiger partial charge is 0.491 e. The number of nitrogens with two attached hydrogens (primary N) is 1. The first-order chi connectivity index (χ1) is 10.5. The van der Waals surface area contributed by atoms with Crippen LogP contribution in [0, 0.1) is 0 Å². The minimum Gasteiger partial charge on any atom is -0.491 e. The summed E-state index contributed by atoms with van der Waals surface area (Å²) >= 11 is 0. The van der Waals surface area contributed by atoms with Crippen molar-refractivity contribution in [3.63, 3.8) is 0 Å². The molecule has 1 aromatic carbocycles. The molecule has 0 bridgehead atoms. The van der Waals surface area contributed by atoms with Gasteiger partial charge in [-0.1, -0.05) is 6.07 Å². The molecule has 0 amide bonds. The molecule has 0 spiro atoms. The zero-order chi connectivity index (χ0) is 15.7. The minimum atomic E-state index is -3.79. The summed E-state index contributed by atoms with van der Waals surface area (Å²) in [6, 6.07) is 4.99. The number of amidine groups is 1. The Morgan fingerprint density at radius 2 is 2.32 bits per heavy atom. The highest BCUT2D eigenvalue weighted by Gasteiger charge is 2.25. The lowest BCUT2D eigenvalue weighted by molar-refractivity contribution is 0.0300. The van der Waals surface area contributed by atoms with E-state index in [0.717, 1.165) is 19.4 Å². The van der Waals surface area contributed by atoms with Crippen molar-refractivity contribution in [2.75, 3.05) is 24.4 Å². The number of nitrogens with zero attached hydrogens (tertiary/aromatic N) is 2. The fourth-order valence-electron chi connectivity index (χ4n) is 2.68. The lowest BCUT2D eigenvalue weighted by Crippen LogP contribution is -2.33. The number of fused-ring (bicyclic) bond motifs is 1. The molecular formula is C13H18N4O4S. The molecule has 1 atom stereocenters. The van der Waals surface area contributed by atoms with Gasteiger partial charge in [0.1, 0.15) is 18.6 Å². The molecule has 1 aromatic rings. The van der Waals surface area contributed by atoms with Gasteiger partial charge in [-0.25, -0.2) is 0 Å². The van der Waals surface area contributed by atoms with Crippen LogP contribution in [-0.4, -0.2) is 50.2 Å². The molecule has 1 saturated heterocycles. The van der Waals surface area contributed by atoms with E-state index in [1.807, 2.05) is 4.90 Å². The summed E-state index contributed by atoms with van der Waals surface area (Å²) in [6.07, 6.45) is 1.34. The number of anilines is 1. The second-order valence-electron chi connectivity index (χ2n) is 5.24. The van der Waals surface area contributed by atoms with Crippen molar-refractivity contribution in [2.24, 2.45) is 10.1 Å². The summed E-state index contributed by atoms with van der Waals surface area (Å²) in [5.74, 6) is 0.375. The fraction of sp³-hybridized carbons (Fsp3) is 0.462. The van der Waals surface area contributed by atoms with Crippen LogP contribution in [-0.2, 0) is 10.2 Å². The molecule has 0 radical (unpaired) electrons. The van der Waals surface area contributed by atoms with E-state index >= 15 is 0 Å². The number of rotatable bonds is 4. The molecule has 2 aliphatic rings. The Balaban J connectivity index is 1.73. The normalized spacial score (nSPS) is 23.5. The van der Waals surface area contributed by atoms with E-state index in [1.165, 1.54) is 0 Å². The van der Waals surface area contributed by atoms with Gasteiger partial charge in [0.2, 0.25) is 0 Å². The number of hydrogen-bond donors (Lipinski definition) is 3. The monoisotopic (exact) mass is 326 g/mol. The van der Waals surface area contributed by atoms with Crippen molar-refractivity contribution in [2.45, 2.75) is 19.1 Å². The third-order valence-corrected chi connectivity index (χ3v) is 4.62. The highest BCUT2D eigenvalue weighted by molar-refractivity contribution is 7.91. The summed E-state index contributed by atoms with van der Waals surface area (Å²) in [5.41, 5.74) is 6.54. The van der Waals surface area contributed by atoms with E-state index in [0.29, 0.717) is 30.2 Å². The maximum absolute atomic E-state index is 11.5. The minimum absolute atomic E-state index is 0.0921. The van der Waals surface area contributed by atoms with Crippen LogP contribution in [0.5, 0.6) is 5.75 Å². The molecule has 8 nitrogen and oxygen atoms in total. The van der Waals surface area contributed by atoms with Gasteiger partial charge in [0.25, 0.3) is 0 Å². The molecule has 3 rings (SSSR count). The van der Waals surface area contributed by atoms with E-state index < -0.39 is 16.4 Å². The average Bonchev–Trinajstić information content (AvgIpc) is 2.82. The van der Waals surface area contributed by atoms with Crippen LogP contribution < -0.4 is 15.2 Å². The number of ether oxygens (including phenoxy) is 1. The number of hydrogen-bond acceptors (Lipinski definition) is 6. The van der Waals surface area contributed by atoms with Gasteiger partial charge in [-0.15, -0.1) is 4.40 Å². The van der Waals surface area contributed by atoms with Crippen LogP contribution in [0.3, 0.4) is 0 Å². The summed E-state index contributed by atoms with van der Waals surface area (Å²) in [7, 11) is -3.79. The van der Waals surface area contributed by atoms with Gasteiger partial charge in [0, 0.05) is 13.1 Å². The van der Waals surface area contributed by atoms with Crippen LogP contribution in [0.1, 0.15) is 18.4 Å². The number of benzene rings is 1. The summed E-state index contributed by atoms with van der Waals surface area (Å²) < 4.78 is 34.5. The third-order valence-electron chi connectivity index (χ3n) is 3.71. The maximum Gasteiger partial charge on any atom is 0.344 e. The Labute approximate surface area is 128 Å². The molecule has 4 N–H and O–H groups in total. The van der Waals surface area contributed by atoms with Crippen molar-refractivity contribution in [1.29, 1.82) is 0 Å². The molecule has 0 aliphatic carbocycles. The number of nitrogens with one attached hydrogen (secondary N) is 1. The summed E-state index contributed by atoms with van der Waals surface area (Å²) in [5, 5.41) is 9.73. The average molecular weight is 326 g/mol. The van der Waals surface area contributed by atoms with Gasteiger partial charge >= 0.3 is 10.2 Å². The summed E-state index contributed by atoms with van der Waals surface area (Å²) in [4.78, 5) is 1.94. The van der Waals surface area contributed by atoms with Gasteiger partial charge in [0.15, 0.2) is 5.84 Å². The first kappa shape index (κ1) is 15.1.